The summed E-state index contributed by atoms with van der Waals surface area (Å²) >= 11 is 0. The number of amides is 3. The summed E-state index contributed by atoms with van der Waals surface area (Å²) in [5, 5.41) is 23.6. The van der Waals surface area contributed by atoms with E-state index in [1.54, 1.807) is 12.1 Å². The average molecular weight is 449 g/mol. The van der Waals surface area contributed by atoms with Crippen LogP contribution in [0.1, 0.15) is 38.7 Å². The summed E-state index contributed by atoms with van der Waals surface area (Å²) in [6.45, 7) is 3.95. The summed E-state index contributed by atoms with van der Waals surface area (Å²) in [6, 6.07) is 3.42. The number of carboxylic acids is 1. The Morgan fingerprint density at radius 3 is 2.44 bits per heavy atom. The van der Waals surface area contributed by atoms with Gasteiger partial charge in [0.1, 0.15) is 17.8 Å². The minimum absolute atomic E-state index is 0.0218. The third kappa shape index (κ3) is 7.23. The highest BCUT2D eigenvalue weighted by molar-refractivity contribution is 5.93. The van der Waals surface area contributed by atoms with Crippen LogP contribution in [0, 0.1) is 5.92 Å². The molecule has 0 bridgehead atoms. The zero-order valence-corrected chi connectivity index (χ0v) is 18.4. The molecule has 0 aromatic heterocycles. The second kappa shape index (κ2) is 11.5. The zero-order chi connectivity index (χ0) is 23.8. The molecule has 32 heavy (non-hydrogen) atoms. The van der Waals surface area contributed by atoms with Gasteiger partial charge in [-0.3, -0.25) is 14.4 Å². The first-order valence-corrected chi connectivity index (χ1v) is 10.7. The van der Waals surface area contributed by atoms with Gasteiger partial charge in [-0.2, -0.15) is 0 Å². The van der Waals surface area contributed by atoms with Gasteiger partial charge in [-0.1, -0.05) is 26.0 Å². The number of aliphatic carboxylic acids is 1. The van der Waals surface area contributed by atoms with E-state index in [0.29, 0.717) is 31.4 Å². The van der Waals surface area contributed by atoms with Gasteiger partial charge in [0.2, 0.25) is 17.7 Å². The van der Waals surface area contributed by atoms with Gasteiger partial charge in [0.25, 0.3) is 0 Å². The lowest BCUT2D eigenvalue weighted by molar-refractivity contribution is -0.142. The summed E-state index contributed by atoms with van der Waals surface area (Å²) in [4.78, 5) is 50.4. The highest BCUT2D eigenvalue weighted by atomic mass is 16.4. The number of rotatable bonds is 10. The first-order valence-electron chi connectivity index (χ1n) is 10.7. The molecule has 0 saturated carbocycles. The number of nitrogens with zero attached hydrogens (tertiary/aromatic N) is 1. The minimum atomic E-state index is -1.22. The summed E-state index contributed by atoms with van der Waals surface area (Å²) < 4.78 is 0. The summed E-state index contributed by atoms with van der Waals surface area (Å²) in [7, 11) is 0. The molecule has 176 valence electrons. The topological polar surface area (TPSA) is 162 Å². The summed E-state index contributed by atoms with van der Waals surface area (Å²) in [5.41, 5.74) is 6.60. The predicted molar refractivity (Wildman–Crippen MR) is 117 cm³/mol. The second-order valence-corrected chi connectivity index (χ2v) is 8.47. The Kier molecular flexibility index (Phi) is 9.01. The Bertz CT molecular complexity index is 826. The van der Waals surface area contributed by atoms with E-state index in [1.807, 2.05) is 13.8 Å². The Morgan fingerprint density at radius 2 is 1.84 bits per heavy atom. The molecule has 1 heterocycles. The quantitative estimate of drug-likeness (QED) is 0.336. The molecule has 1 aromatic carbocycles. The molecule has 6 N–H and O–H groups in total. The van der Waals surface area contributed by atoms with Crippen molar-refractivity contribution in [1.29, 1.82) is 0 Å². The van der Waals surface area contributed by atoms with Crippen molar-refractivity contribution in [2.45, 2.75) is 57.7 Å². The number of phenolic OH excluding ortho intramolecular Hbond substituents is 1. The van der Waals surface area contributed by atoms with E-state index >= 15 is 0 Å². The van der Waals surface area contributed by atoms with Gasteiger partial charge < -0.3 is 31.5 Å². The smallest absolute Gasteiger partial charge is 0.326 e. The molecule has 0 spiro atoms. The molecule has 0 aliphatic carbocycles. The number of hydrogen-bond acceptors (Lipinski definition) is 6. The number of likely N-dealkylation sites (tertiary alicyclic amines) is 1. The predicted octanol–water partition coefficient (Wildman–Crippen LogP) is -0.0153. The first-order chi connectivity index (χ1) is 15.1. The molecule has 1 aliphatic heterocycles. The van der Waals surface area contributed by atoms with Crippen LogP contribution in [-0.2, 0) is 25.6 Å². The number of hydrogen-bond donors (Lipinski definition) is 5. The maximum Gasteiger partial charge on any atom is 0.326 e. The molecule has 0 radical (unpaired) electrons. The number of carbonyl (C=O) groups excluding carboxylic acids is 3. The molecule has 1 aliphatic rings. The number of benzene rings is 1. The number of aromatic hydroxyl groups is 1. The Hall–Kier alpha value is -3.14. The third-order valence-corrected chi connectivity index (χ3v) is 5.31. The first kappa shape index (κ1) is 25.1. The Balaban J connectivity index is 1.88. The molecule has 3 atom stereocenters. The summed E-state index contributed by atoms with van der Waals surface area (Å²) in [5.74, 6) is -2.32. The molecule has 1 fully saturated rings. The number of carbonyl (C=O) groups is 4. The van der Waals surface area contributed by atoms with Crippen LogP contribution in [0.4, 0.5) is 0 Å². The fourth-order valence-corrected chi connectivity index (χ4v) is 3.72. The van der Waals surface area contributed by atoms with Gasteiger partial charge in [0, 0.05) is 13.0 Å². The minimum Gasteiger partial charge on any atom is -0.508 e. The van der Waals surface area contributed by atoms with Gasteiger partial charge in [0.05, 0.1) is 12.6 Å². The van der Waals surface area contributed by atoms with Crippen LogP contribution >= 0.6 is 0 Å². The maximum absolute atomic E-state index is 12.6. The van der Waals surface area contributed by atoms with Crippen molar-refractivity contribution in [3.05, 3.63) is 29.8 Å². The SMILES string of the molecule is CC(C)CC(N)C(=O)N1CCCC1C(=O)NCC(=O)NC(Cc1ccc(O)cc1)C(=O)O. The lowest BCUT2D eigenvalue weighted by atomic mass is 10.0. The third-order valence-electron chi connectivity index (χ3n) is 5.31. The van der Waals surface area contributed by atoms with Crippen molar-refractivity contribution in [3.63, 3.8) is 0 Å². The Labute approximate surface area is 187 Å². The molecular formula is C22H32N4O6. The van der Waals surface area contributed by atoms with E-state index in [1.165, 1.54) is 17.0 Å². The van der Waals surface area contributed by atoms with E-state index in [9.17, 15) is 29.4 Å². The van der Waals surface area contributed by atoms with Crippen LogP contribution in [0.5, 0.6) is 5.75 Å². The number of phenols is 1. The van der Waals surface area contributed by atoms with Crippen molar-refractivity contribution in [3.8, 4) is 5.75 Å². The lowest BCUT2D eigenvalue weighted by Crippen LogP contribution is -2.53. The van der Waals surface area contributed by atoms with E-state index in [0.717, 1.165) is 0 Å². The van der Waals surface area contributed by atoms with E-state index in [2.05, 4.69) is 10.6 Å². The summed E-state index contributed by atoms with van der Waals surface area (Å²) in [6.07, 6.45) is 1.68. The van der Waals surface area contributed by atoms with Gasteiger partial charge in [-0.25, -0.2) is 4.79 Å². The van der Waals surface area contributed by atoms with Gasteiger partial charge in [0.15, 0.2) is 0 Å². The normalized spacial score (nSPS) is 17.6. The van der Waals surface area contributed by atoms with Crippen molar-refractivity contribution >= 4 is 23.7 Å². The fourth-order valence-electron chi connectivity index (χ4n) is 3.72. The number of nitrogens with two attached hydrogens (primary N) is 1. The van der Waals surface area contributed by atoms with Gasteiger partial charge in [-0.05, 0) is 42.9 Å². The largest absolute Gasteiger partial charge is 0.508 e. The molecule has 10 heteroatoms. The molecule has 2 rings (SSSR count). The fraction of sp³-hybridized carbons (Fsp3) is 0.545. The van der Waals surface area contributed by atoms with Crippen molar-refractivity contribution in [2.75, 3.05) is 13.1 Å². The van der Waals surface area contributed by atoms with Gasteiger partial charge >= 0.3 is 5.97 Å². The van der Waals surface area contributed by atoms with E-state index in [-0.39, 0.29) is 24.0 Å². The molecule has 1 aromatic rings. The average Bonchev–Trinajstić information content (AvgIpc) is 3.21. The van der Waals surface area contributed by atoms with Crippen molar-refractivity contribution in [1.82, 2.24) is 15.5 Å². The van der Waals surface area contributed by atoms with Crippen LogP contribution < -0.4 is 16.4 Å². The van der Waals surface area contributed by atoms with Crippen LogP contribution in [-0.4, -0.2) is 70.0 Å². The highest BCUT2D eigenvalue weighted by Gasteiger charge is 2.36. The monoisotopic (exact) mass is 448 g/mol. The van der Waals surface area contributed by atoms with E-state index in [4.69, 9.17) is 5.73 Å². The van der Waals surface area contributed by atoms with Gasteiger partial charge in [-0.15, -0.1) is 0 Å². The maximum atomic E-state index is 12.6. The molecule has 3 amide bonds. The Morgan fingerprint density at radius 1 is 1.19 bits per heavy atom. The van der Waals surface area contributed by atoms with Crippen molar-refractivity contribution in [2.24, 2.45) is 11.7 Å². The molecular weight excluding hydrogens is 416 g/mol. The van der Waals surface area contributed by atoms with Crippen LogP contribution in [0.2, 0.25) is 0 Å². The number of nitrogens with one attached hydrogen (secondary N) is 2. The van der Waals surface area contributed by atoms with Crippen LogP contribution in [0.15, 0.2) is 24.3 Å². The second-order valence-electron chi connectivity index (χ2n) is 8.47. The molecule has 1 saturated heterocycles. The van der Waals surface area contributed by atoms with E-state index < -0.39 is 42.5 Å². The highest BCUT2D eigenvalue weighted by Crippen LogP contribution is 2.19. The standard InChI is InChI=1S/C22H32N4O6/c1-13(2)10-16(23)21(30)26-9-3-4-18(26)20(29)24-12-19(28)25-17(22(31)32)11-14-5-7-15(27)8-6-14/h5-8,13,16-18,27H,3-4,9-12,23H2,1-2H3,(H,24,29)(H,25,28)(H,31,32). The molecule has 3 unspecified atom stereocenters. The lowest BCUT2D eigenvalue weighted by Gasteiger charge is -2.27. The number of carboxylic acid groups (broad SMARTS) is 1. The zero-order valence-electron chi connectivity index (χ0n) is 18.4. The van der Waals surface area contributed by atoms with Crippen molar-refractivity contribution < 1.29 is 29.4 Å². The van der Waals surface area contributed by atoms with Crippen LogP contribution in [0.25, 0.3) is 0 Å². The molecule has 10 nitrogen and oxygen atoms in total. The van der Waals surface area contributed by atoms with Crippen LogP contribution in [0.3, 0.4) is 0 Å².